The van der Waals surface area contributed by atoms with Crippen molar-refractivity contribution in [3.8, 4) is 22.2 Å². The molecule has 0 radical (unpaired) electrons. The standard InChI is InChI=1S/C18H15ClN4O2S2/c1-3-13-10(2)8-14(27-13)17-22-20-15(24-17)9-26-18-23-21-16(25-18)11-4-6-12(19)7-5-11/h4-8H,3,9H2,1-2H3. The first-order valence-corrected chi connectivity index (χ1v) is 10.4. The fourth-order valence-corrected chi connectivity index (χ4v) is 4.25. The number of thioether (sulfide) groups is 1. The Kier molecular flexibility index (Phi) is 5.29. The Bertz CT molecular complexity index is 1060. The number of rotatable bonds is 6. The van der Waals surface area contributed by atoms with Crippen molar-refractivity contribution in [2.45, 2.75) is 31.2 Å². The minimum atomic E-state index is 0.444. The minimum Gasteiger partial charge on any atom is -0.419 e. The molecular weight excluding hydrogens is 404 g/mol. The van der Waals surface area contributed by atoms with Crippen molar-refractivity contribution in [2.24, 2.45) is 0 Å². The van der Waals surface area contributed by atoms with Crippen LogP contribution in [-0.4, -0.2) is 20.4 Å². The molecule has 4 rings (SSSR count). The molecule has 1 aromatic carbocycles. The monoisotopic (exact) mass is 418 g/mol. The van der Waals surface area contributed by atoms with Crippen LogP contribution in [0.2, 0.25) is 5.02 Å². The van der Waals surface area contributed by atoms with Crippen molar-refractivity contribution in [1.29, 1.82) is 0 Å². The molecule has 0 amide bonds. The van der Waals surface area contributed by atoms with Crippen LogP contribution in [0, 0.1) is 6.92 Å². The Balaban J connectivity index is 1.42. The van der Waals surface area contributed by atoms with Crippen LogP contribution >= 0.6 is 34.7 Å². The lowest BCUT2D eigenvalue weighted by Gasteiger charge is -1.94. The van der Waals surface area contributed by atoms with Crippen LogP contribution < -0.4 is 0 Å². The van der Waals surface area contributed by atoms with E-state index in [2.05, 4.69) is 40.3 Å². The molecule has 0 fully saturated rings. The number of aromatic nitrogens is 4. The van der Waals surface area contributed by atoms with E-state index in [0.717, 1.165) is 16.9 Å². The minimum absolute atomic E-state index is 0.444. The van der Waals surface area contributed by atoms with E-state index in [1.165, 1.54) is 22.2 Å². The average molecular weight is 419 g/mol. The highest BCUT2D eigenvalue weighted by atomic mass is 35.5. The number of aryl methyl sites for hydroxylation is 2. The maximum absolute atomic E-state index is 5.89. The topological polar surface area (TPSA) is 77.8 Å². The van der Waals surface area contributed by atoms with Gasteiger partial charge in [0.25, 0.3) is 11.1 Å². The molecular formula is C18H15ClN4O2S2. The Hall–Kier alpha value is -2.16. The SMILES string of the molecule is CCc1sc(-c2nnc(CSc3nnc(-c4ccc(Cl)cc4)o3)o2)cc1C. The molecule has 6 nitrogen and oxygen atoms in total. The summed E-state index contributed by atoms with van der Waals surface area (Å²) in [5, 5.41) is 17.5. The fourth-order valence-electron chi connectivity index (χ4n) is 2.49. The Morgan fingerprint density at radius 2 is 1.81 bits per heavy atom. The summed E-state index contributed by atoms with van der Waals surface area (Å²) in [6, 6.07) is 9.32. The number of thiophene rings is 1. The zero-order chi connectivity index (χ0) is 18.8. The summed E-state index contributed by atoms with van der Waals surface area (Å²) in [5.74, 6) is 1.97. The predicted octanol–water partition coefficient (Wildman–Crippen LogP) is 5.66. The molecule has 0 aliphatic heterocycles. The summed E-state index contributed by atoms with van der Waals surface area (Å²) in [7, 11) is 0. The van der Waals surface area contributed by atoms with Gasteiger partial charge in [-0.1, -0.05) is 30.3 Å². The second kappa shape index (κ2) is 7.84. The summed E-state index contributed by atoms with van der Waals surface area (Å²) in [6.45, 7) is 4.24. The molecule has 4 aromatic rings. The van der Waals surface area contributed by atoms with E-state index in [4.69, 9.17) is 20.4 Å². The van der Waals surface area contributed by atoms with Gasteiger partial charge in [-0.25, -0.2) is 0 Å². The molecule has 0 spiro atoms. The van der Waals surface area contributed by atoms with Crippen LogP contribution in [0.3, 0.4) is 0 Å². The smallest absolute Gasteiger partial charge is 0.277 e. The molecule has 0 aliphatic carbocycles. The molecule has 0 aliphatic rings. The second-order valence-corrected chi connectivity index (χ2v) is 8.24. The summed E-state index contributed by atoms with van der Waals surface area (Å²) >= 11 is 8.94. The zero-order valence-electron chi connectivity index (χ0n) is 14.6. The Labute approximate surface area is 169 Å². The first-order chi connectivity index (χ1) is 13.1. The molecule has 3 aromatic heterocycles. The van der Waals surface area contributed by atoms with Gasteiger partial charge in [0.1, 0.15) is 0 Å². The molecule has 138 valence electrons. The van der Waals surface area contributed by atoms with Crippen LogP contribution in [0.4, 0.5) is 0 Å². The van der Waals surface area contributed by atoms with Crippen molar-refractivity contribution in [1.82, 2.24) is 20.4 Å². The number of nitrogens with zero attached hydrogens (tertiary/aromatic N) is 4. The van der Waals surface area contributed by atoms with E-state index in [1.807, 2.05) is 12.1 Å². The van der Waals surface area contributed by atoms with Gasteiger partial charge in [0.2, 0.25) is 11.8 Å². The van der Waals surface area contributed by atoms with Gasteiger partial charge in [-0.3, -0.25) is 0 Å². The lowest BCUT2D eigenvalue weighted by molar-refractivity contribution is 0.464. The molecule has 3 heterocycles. The fraction of sp³-hybridized carbons (Fsp3) is 0.222. The number of hydrogen-bond acceptors (Lipinski definition) is 8. The van der Waals surface area contributed by atoms with Gasteiger partial charge in [-0.05, 0) is 49.2 Å². The van der Waals surface area contributed by atoms with E-state index in [1.54, 1.807) is 23.5 Å². The summed E-state index contributed by atoms with van der Waals surface area (Å²) in [4.78, 5) is 2.33. The van der Waals surface area contributed by atoms with Gasteiger partial charge in [0.15, 0.2) is 0 Å². The van der Waals surface area contributed by atoms with Crippen molar-refractivity contribution in [3.05, 3.63) is 51.7 Å². The number of halogens is 1. The Morgan fingerprint density at radius 1 is 1.04 bits per heavy atom. The quantitative estimate of drug-likeness (QED) is 0.373. The van der Waals surface area contributed by atoms with Crippen molar-refractivity contribution in [2.75, 3.05) is 0 Å². The first-order valence-electron chi connectivity index (χ1n) is 8.26. The number of benzene rings is 1. The second-order valence-electron chi connectivity index (χ2n) is 5.74. The van der Waals surface area contributed by atoms with Crippen LogP contribution in [0.1, 0.15) is 23.3 Å². The lowest BCUT2D eigenvalue weighted by Crippen LogP contribution is -1.80. The van der Waals surface area contributed by atoms with E-state index in [0.29, 0.717) is 33.7 Å². The van der Waals surface area contributed by atoms with Gasteiger partial charge in [-0.2, -0.15) is 0 Å². The van der Waals surface area contributed by atoms with E-state index < -0.39 is 0 Å². The van der Waals surface area contributed by atoms with Gasteiger partial charge in [-0.15, -0.1) is 31.7 Å². The highest BCUT2D eigenvalue weighted by molar-refractivity contribution is 7.98. The molecule has 27 heavy (non-hydrogen) atoms. The maximum Gasteiger partial charge on any atom is 0.277 e. The highest BCUT2D eigenvalue weighted by Crippen LogP contribution is 2.32. The van der Waals surface area contributed by atoms with Crippen molar-refractivity contribution >= 4 is 34.7 Å². The van der Waals surface area contributed by atoms with Crippen LogP contribution in [-0.2, 0) is 12.2 Å². The summed E-state index contributed by atoms with van der Waals surface area (Å²) in [6.07, 6.45) is 1.00. The molecule has 0 N–H and O–H groups in total. The molecule has 0 saturated heterocycles. The third kappa shape index (κ3) is 4.07. The molecule has 9 heteroatoms. The van der Waals surface area contributed by atoms with Gasteiger partial charge in [0, 0.05) is 15.5 Å². The Morgan fingerprint density at radius 3 is 2.56 bits per heavy atom. The third-order valence-electron chi connectivity index (χ3n) is 3.84. The van der Waals surface area contributed by atoms with Crippen molar-refractivity contribution < 1.29 is 8.83 Å². The maximum atomic E-state index is 5.89. The van der Waals surface area contributed by atoms with Gasteiger partial charge >= 0.3 is 0 Å². The van der Waals surface area contributed by atoms with E-state index in [9.17, 15) is 0 Å². The first kappa shape index (κ1) is 18.2. The zero-order valence-corrected chi connectivity index (χ0v) is 17.0. The van der Waals surface area contributed by atoms with E-state index in [-0.39, 0.29) is 0 Å². The highest BCUT2D eigenvalue weighted by Gasteiger charge is 2.15. The van der Waals surface area contributed by atoms with Crippen LogP contribution in [0.5, 0.6) is 0 Å². The van der Waals surface area contributed by atoms with Crippen LogP contribution in [0.25, 0.3) is 22.2 Å². The molecule has 0 unspecified atom stereocenters. The number of hydrogen-bond donors (Lipinski definition) is 0. The lowest BCUT2D eigenvalue weighted by atomic mass is 10.2. The summed E-state index contributed by atoms with van der Waals surface area (Å²) < 4.78 is 11.4. The normalized spacial score (nSPS) is 11.2. The van der Waals surface area contributed by atoms with Gasteiger partial charge < -0.3 is 8.83 Å². The van der Waals surface area contributed by atoms with Crippen molar-refractivity contribution in [3.63, 3.8) is 0 Å². The summed E-state index contributed by atoms with van der Waals surface area (Å²) in [5.41, 5.74) is 2.07. The third-order valence-corrected chi connectivity index (χ3v) is 6.26. The van der Waals surface area contributed by atoms with Gasteiger partial charge in [0.05, 0.1) is 10.6 Å². The molecule has 0 saturated carbocycles. The van der Waals surface area contributed by atoms with Crippen LogP contribution in [0.15, 0.2) is 44.4 Å². The molecule has 0 atom stereocenters. The molecule has 0 bridgehead atoms. The van der Waals surface area contributed by atoms with E-state index >= 15 is 0 Å². The predicted molar refractivity (Wildman–Crippen MR) is 106 cm³/mol. The largest absolute Gasteiger partial charge is 0.419 e. The average Bonchev–Trinajstić information content (AvgIpc) is 3.40.